The van der Waals surface area contributed by atoms with Gasteiger partial charge in [-0.05, 0) is 12.5 Å². The molecule has 0 saturated carbocycles. The summed E-state index contributed by atoms with van der Waals surface area (Å²) in [5, 5.41) is 9.73. The summed E-state index contributed by atoms with van der Waals surface area (Å²) in [5.74, 6) is -3.19. The smallest absolute Gasteiger partial charge is 0.308 e. The molecule has 0 aliphatic heterocycles. The maximum atomic E-state index is 13.3. The van der Waals surface area contributed by atoms with Crippen molar-refractivity contribution in [1.82, 2.24) is 0 Å². The molecule has 2 atom stereocenters. The minimum Gasteiger partial charge on any atom is -0.469 e. The number of hydrogen-bond donors (Lipinski definition) is 1. The number of ether oxygens (including phenoxy) is 1. The van der Waals surface area contributed by atoms with Crippen molar-refractivity contribution in [1.29, 1.82) is 0 Å². The Hall–Kier alpha value is -1.49. The normalized spacial score (nSPS) is 14.2. The molecule has 1 aromatic rings. The quantitative estimate of drug-likeness (QED) is 0.826. The zero-order chi connectivity index (χ0) is 13.0. The number of benzene rings is 1. The third kappa shape index (κ3) is 3.23. The minimum atomic E-state index is -1.24. The molecule has 0 fully saturated rings. The summed E-state index contributed by atoms with van der Waals surface area (Å²) >= 11 is 0. The first-order valence-corrected chi connectivity index (χ1v) is 5.17. The highest BCUT2D eigenvalue weighted by Gasteiger charge is 2.22. The molecule has 17 heavy (non-hydrogen) atoms. The van der Waals surface area contributed by atoms with Gasteiger partial charge in [-0.1, -0.05) is 19.1 Å². The van der Waals surface area contributed by atoms with Gasteiger partial charge in [-0.15, -0.1) is 0 Å². The maximum absolute atomic E-state index is 13.3. The molecule has 1 rings (SSSR count). The summed E-state index contributed by atoms with van der Waals surface area (Å²) in [6, 6.07) is 3.56. The van der Waals surface area contributed by atoms with E-state index in [1.807, 2.05) is 0 Å². The number of rotatable bonds is 4. The Kier molecular flexibility index (Phi) is 4.57. The van der Waals surface area contributed by atoms with Crippen LogP contribution in [0.2, 0.25) is 0 Å². The van der Waals surface area contributed by atoms with Gasteiger partial charge in [0.25, 0.3) is 0 Å². The van der Waals surface area contributed by atoms with Crippen LogP contribution in [0, 0.1) is 17.6 Å². The molecule has 0 bridgehead atoms. The molecule has 2 unspecified atom stereocenters. The average Bonchev–Trinajstić information content (AvgIpc) is 2.31. The lowest BCUT2D eigenvalue weighted by Gasteiger charge is -2.15. The molecule has 0 aromatic heterocycles. The predicted octanol–water partition coefficient (Wildman–Crippen LogP) is 2.20. The van der Waals surface area contributed by atoms with Gasteiger partial charge in [0.05, 0.1) is 19.1 Å². The fourth-order valence-electron chi connectivity index (χ4n) is 1.54. The van der Waals surface area contributed by atoms with Crippen LogP contribution in [0.15, 0.2) is 18.2 Å². The largest absolute Gasteiger partial charge is 0.469 e. The zero-order valence-corrected chi connectivity index (χ0v) is 9.61. The third-order valence-corrected chi connectivity index (χ3v) is 2.52. The Morgan fingerprint density at radius 2 is 2.12 bits per heavy atom. The Labute approximate surface area is 98.0 Å². The number of carbonyl (C=O) groups excluding carboxylic acids is 1. The summed E-state index contributed by atoms with van der Waals surface area (Å²) in [6.45, 7) is 1.55. The van der Waals surface area contributed by atoms with Gasteiger partial charge in [0, 0.05) is 5.56 Å². The molecule has 1 aromatic carbocycles. The van der Waals surface area contributed by atoms with Gasteiger partial charge in [-0.3, -0.25) is 4.79 Å². The first-order valence-electron chi connectivity index (χ1n) is 5.17. The first kappa shape index (κ1) is 13.6. The zero-order valence-electron chi connectivity index (χ0n) is 9.61. The van der Waals surface area contributed by atoms with Crippen molar-refractivity contribution in [3.8, 4) is 0 Å². The summed E-state index contributed by atoms with van der Waals surface area (Å²) < 4.78 is 30.7. The first-order chi connectivity index (χ1) is 7.97. The molecule has 94 valence electrons. The van der Waals surface area contributed by atoms with E-state index >= 15 is 0 Å². The fourth-order valence-corrected chi connectivity index (χ4v) is 1.54. The fraction of sp³-hybridized carbons (Fsp3) is 0.417. The number of methoxy groups -OCH3 is 1. The van der Waals surface area contributed by atoms with E-state index in [2.05, 4.69) is 4.74 Å². The third-order valence-electron chi connectivity index (χ3n) is 2.52. The standard InChI is InChI=1S/C12H14F2O3/c1-7(12(16)17-2)6-10(15)8-4-3-5-9(13)11(8)14/h3-5,7,10,15H,6H2,1-2H3. The number of hydrogen-bond acceptors (Lipinski definition) is 3. The molecule has 0 saturated heterocycles. The topological polar surface area (TPSA) is 46.5 Å². The highest BCUT2D eigenvalue weighted by molar-refractivity contribution is 5.71. The number of carbonyl (C=O) groups is 1. The number of aliphatic hydroxyl groups is 1. The molecule has 3 nitrogen and oxygen atoms in total. The van der Waals surface area contributed by atoms with Gasteiger partial charge in [0.1, 0.15) is 0 Å². The lowest BCUT2D eigenvalue weighted by atomic mass is 9.98. The van der Waals surface area contributed by atoms with E-state index in [9.17, 15) is 18.7 Å². The second-order valence-corrected chi connectivity index (χ2v) is 3.82. The Morgan fingerprint density at radius 1 is 1.47 bits per heavy atom. The molecule has 0 radical (unpaired) electrons. The van der Waals surface area contributed by atoms with Crippen LogP contribution < -0.4 is 0 Å². The van der Waals surface area contributed by atoms with E-state index in [1.165, 1.54) is 19.2 Å². The molecule has 0 heterocycles. The van der Waals surface area contributed by atoms with E-state index in [0.29, 0.717) is 0 Å². The summed E-state index contributed by atoms with van der Waals surface area (Å²) in [7, 11) is 1.23. The van der Waals surface area contributed by atoms with Crippen LogP contribution in [0.5, 0.6) is 0 Å². The van der Waals surface area contributed by atoms with Gasteiger partial charge in [-0.25, -0.2) is 8.78 Å². The van der Waals surface area contributed by atoms with Gasteiger partial charge in [-0.2, -0.15) is 0 Å². The second-order valence-electron chi connectivity index (χ2n) is 3.82. The molecule has 5 heteroatoms. The van der Waals surface area contributed by atoms with Crippen molar-refractivity contribution in [3.05, 3.63) is 35.4 Å². The Morgan fingerprint density at radius 3 is 2.71 bits per heavy atom. The van der Waals surface area contributed by atoms with Crippen LogP contribution in [-0.4, -0.2) is 18.2 Å². The van der Waals surface area contributed by atoms with Gasteiger partial charge >= 0.3 is 5.97 Å². The molecule has 0 amide bonds. The van der Waals surface area contributed by atoms with Gasteiger partial charge < -0.3 is 9.84 Å². The van der Waals surface area contributed by atoms with Crippen LogP contribution in [-0.2, 0) is 9.53 Å². The van der Waals surface area contributed by atoms with Crippen molar-refractivity contribution in [2.45, 2.75) is 19.4 Å². The highest BCUT2D eigenvalue weighted by atomic mass is 19.2. The molecular formula is C12H14F2O3. The number of halogens is 2. The van der Waals surface area contributed by atoms with E-state index < -0.39 is 29.6 Å². The average molecular weight is 244 g/mol. The van der Waals surface area contributed by atoms with Crippen molar-refractivity contribution in [2.75, 3.05) is 7.11 Å². The summed E-state index contributed by atoms with van der Waals surface area (Å²) in [6.07, 6.45) is -1.26. The van der Waals surface area contributed by atoms with Crippen molar-refractivity contribution < 1.29 is 23.4 Å². The second kappa shape index (κ2) is 5.72. The van der Waals surface area contributed by atoms with Crippen molar-refractivity contribution in [2.24, 2.45) is 5.92 Å². The van der Waals surface area contributed by atoms with Crippen LogP contribution >= 0.6 is 0 Å². The number of esters is 1. The molecule has 0 aliphatic rings. The van der Waals surface area contributed by atoms with E-state index in [-0.39, 0.29) is 12.0 Å². The lowest BCUT2D eigenvalue weighted by molar-refractivity contribution is -0.145. The molecular weight excluding hydrogens is 230 g/mol. The van der Waals surface area contributed by atoms with Crippen molar-refractivity contribution in [3.63, 3.8) is 0 Å². The van der Waals surface area contributed by atoms with E-state index in [1.54, 1.807) is 6.92 Å². The minimum absolute atomic E-state index is 0.0208. The number of aliphatic hydroxyl groups excluding tert-OH is 1. The van der Waals surface area contributed by atoms with Crippen LogP contribution in [0.25, 0.3) is 0 Å². The van der Waals surface area contributed by atoms with Crippen LogP contribution in [0.3, 0.4) is 0 Å². The predicted molar refractivity (Wildman–Crippen MR) is 57.1 cm³/mol. The van der Waals surface area contributed by atoms with E-state index in [4.69, 9.17) is 0 Å². The summed E-state index contributed by atoms with van der Waals surface area (Å²) in [4.78, 5) is 11.1. The van der Waals surface area contributed by atoms with Crippen molar-refractivity contribution >= 4 is 5.97 Å². The highest BCUT2D eigenvalue weighted by Crippen LogP contribution is 2.25. The SMILES string of the molecule is COC(=O)C(C)CC(O)c1cccc(F)c1F. The van der Waals surface area contributed by atoms with Crippen LogP contribution in [0.1, 0.15) is 25.0 Å². The van der Waals surface area contributed by atoms with Gasteiger partial charge in [0.2, 0.25) is 0 Å². The van der Waals surface area contributed by atoms with Gasteiger partial charge in [0.15, 0.2) is 11.6 Å². The Balaban J connectivity index is 2.80. The Bertz CT molecular complexity index is 407. The summed E-state index contributed by atoms with van der Waals surface area (Å²) in [5.41, 5.74) is -0.152. The molecule has 1 N–H and O–H groups in total. The lowest BCUT2D eigenvalue weighted by Crippen LogP contribution is -2.16. The van der Waals surface area contributed by atoms with Crippen LogP contribution in [0.4, 0.5) is 8.78 Å². The molecule has 0 spiro atoms. The maximum Gasteiger partial charge on any atom is 0.308 e. The monoisotopic (exact) mass is 244 g/mol. The molecule has 0 aliphatic carbocycles. The van der Waals surface area contributed by atoms with E-state index in [0.717, 1.165) is 6.07 Å².